The van der Waals surface area contributed by atoms with Crippen LogP contribution < -0.4 is 5.32 Å². The van der Waals surface area contributed by atoms with Gasteiger partial charge in [0.1, 0.15) is 0 Å². The Morgan fingerprint density at radius 1 is 1.04 bits per heavy atom. The van der Waals surface area contributed by atoms with Crippen LogP contribution in [0.1, 0.15) is 45.4 Å². The maximum Gasteiger partial charge on any atom is 0.246 e. The minimum atomic E-state index is -4.05. The van der Waals surface area contributed by atoms with Crippen LogP contribution in [0.4, 0.5) is 0 Å². The van der Waals surface area contributed by atoms with E-state index in [1.165, 1.54) is 0 Å². The van der Waals surface area contributed by atoms with Gasteiger partial charge in [0.2, 0.25) is 5.91 Å². The predicted molar refractivity (Wildman–Crippen MR) is 91.9 cm³/mol. The molecule has 23 heavy (non-hydrogen) atoms. The normalized spacial score (nSPS) is 12.2. The summed E-state index contributed by atoms with van der Waals surface area (Å²) in [6, 6.07) is 0. The number of hydrogen-bond donors (Lipinski definition) is 1. The minimum Gasteiger partial charge on any atom is -0.748 e. The number of carbonyl (C=O) groups excluding carboxylic acids is 1. The van der Waals surface area contributed by atoms with E-state index in [1.807, 2.05) is 0 Å². The smallest absolute Gasteiger partial charge is 0.246 e. The van der Waals surface area contributed by atoms with Crippen LogP contribution in [0.3, 0.4) is 0 Å². The van der Waals surface area contributed by atoms with Crippen molar-refractivity contribution in [3.05, 3.63) is 12.2 Å². The summed E-state index contributed by atoms with van der Waals surface area (Å²) in [4.78, 5) is 11.4. The molecule has 136 valence electrons. The third kappa shape index (κ3) is 14.4. The topological polar surface area (TPSA) is 86.3 Å². The number of nitrogens with one attached hydrogen (secondary N) is 1. The molecule has 1 N–H and O–H groups in total. The fourth-order valence-electron chi connectivity index (χ4n) is 2.32. The summed E-state index contributed by atoms with van der Waals surface area (Å²) < 4.78 is 32.3. The Morgan fingerprint density at radius 3 is 2.13 bits per heavy atom. The van der Waals surface area contributed by atoms with E-state index in [0.29, 0.717) is 18.5 Å². The van der Waals surface area contributed by atoms with Gasteiger partial charge >= 0.3 is 0 Å². The second kappa shape index (κ2) is 10.8. The van der Waals surface area contributed by atoms with Gasteiger partial charge in [-0.05, 0) is 26.2 Å². The molecule has 0 rings (SSSR count). The maximum absolute atomic E-state index is 11.4. The first-order chi connectivity index (χ1) is 10.5. The summed E-state index contributed by atoms with van der Waals surface area (Å²) in [5, 5.41) is 2.83. The van der Waals surface area contributed by atoms with E-state index in [4.69, 9.17) is 0 Å². The van der Waals surface area contributed by atoms with E-state index >= 15 is 0 Å². The summed E-state index contributed by atoms with van der Waals surface area (Å²) in [7, 11) is 0.289. The van der Waals surface area contributed by atoms with Crippen LogP contribution in [0.5, 0.6) is 0 Å². The number of carbonyl (C=O) groups is 1. The van der Waals surface area contributed by atoms with Crippen molar-refractivity contribution in [2.75, 3.05) is 39.5 Å². The second-order valence-electron chi connectivity index (χ2n) is 6.80. The van der Waals surface area contributed by atoms with Gasteiger partial charge in [0.05, 0.1) is 37.3 Å². The van der Waals surface area contributed by atoms with Crippen LogP contribution >= 0.6 is 0 Å². The number of nitrogens with zero attached hydrogens (tertiary/aromatic N) is 1. The summed E-state index contributed by atoms with van der Waals surface area (Å²) in [6.45, 7) is 8.00. The number of unbranched alkanes of at least 4 members (excludes halogenated alkanes) is 4. The summed E-state index contributed by atoms with van der Waals surface area (Å²) in [5.41, 5.74) is 0.531. The SMILES string of the molecule is C=C(C)C(=O)NCCC[N+](C)(C)CCCCCCCS(=O)(=O)[O-]. The molecule has 1 amide bonds. The fourth-order valence-corrected chi connectivity index (χ4v) is 2.88. The quantitative estimate of drug-likeness (QED) is 0.237. The number of rotatable bonds is 13. The van der Waals surface area contributed by atoms with Crippen LogP contribution in [0.2, 0.25) is 0 Å². The lowest BCUT2D eigenvalue weighted by atomic mass is 10.1. The van der Waals surface area contributed by atoms with Crippen LogP contribution in [-0.2, 0) is 14.9 Å². The molecule has 6 nitrogen and oxygen atoms in total. The van der Waals surface area contributed by atoms with E-state index < -0.39 is 10.1 Å². The molecule has 0 aromatic rings. The van der Waals surface area contributed by atoms with Gasteiger partial charge in [-0.15, -0.1) is 0 Å². The standard InChI is InChI=1S/C16H32N2O4S/c1-15(2)16(19)17-11-10-13-18(3,4)12-8-6-5-7-9-14-23(20,21)22/h1,5-14H2,2-4H3,(H-,17,19,20,21,22). The first kappa shape index (κ1) is 22.1. The van der Waals surface area contributed by atoms with Crippen LogP contribution in [-0.4, -0.2) is 62.8 Å². The average molecular weight is 349 g/mol. The summed E-state index contributed by atoms with van der Waals surface area (Å²) >= 11 is 0. The van der Waals surface area contributed by atoms with E-state index in [0.717, 1.165) is 49.7 Å². The zero-order valence-electron chi connectivity index (χ0n) is 14.8. The first-order valence-electron chi connectivity index (χ1n) is 8.23. The zero-order valence-corrected chi connectivity index (χ0v) is 15.6. The lowest BCUT2D eigenvalue weighted by Crippen LogP contribution is -2.42. The van der Waals surface area contributed by atoms with Gasteiger partial charge < -0.3 is 14.4 Å². The largest absolute Gasteiger partial charge is 0.748 e. The first-order valence-corrected chi connectivity index (χ1v) is 9.80. The Hall–Kier alpha value is -0.920. The third-order valence-electron chi connectivity index (χ3n) is 3.77. The van der Waals surface area contributed by atoms with E-state index in [-0.39, 0.29) is 11.7 Å². The Kier molecular flexibility index (Phi) is 10.3. The maximum atomic E-state index is 11.4. The number of hydrogen-bond acceptors (Lipinski definition) is 4. The highest BCUT2D eigenvalue weighted by atomic mass is 32.2. The highest BCUT2D eigenvalue weighted by molar-refractivity contribution is 7.85. The zero-order chi connectivity index (χ0) is 17.9. The molecule has 0 aliphatic heterocycles. The average Bonchev–Trinajstić information content (AvgIpc) is 2.40. The van der Waals surface area contributed by atoms with Crippen LogP contribution in [0.15, 0.2) is 12.2 Å². The van der Waals surface area contributed by atoms with Crippen molar-refractivity contribution in [2.24, 2.45) is 0 Å². The van der Waals surface area contributed by atoms with Gasteiger partial charge in [-0.25, -0.2) is 8.42 Å². The van der Waals surface area contributed by atoms with E-state index in [2.05, 4.69) is 26.0 Å². The lowest BCUT2D eigenvalue weighted by Gasteiger charge is -2.30. The molecule has 0 radical (unpaired) electrons. The second-order valence-corrected chi connectivity index (χ2v) is 8.33. The van der Waals surface area contributed by atoms with Crippen molar-refractivity contribution in [1.82, 2.24) is 5.32 Å². The van der Waals surface area contributed by atoms with Crippen LogP contribution in [0.25, 0.3) is 0 Å². The highest BCUT2D eigenvalue weighted by Crippen LogP contribution is 2.08. The molecular weight excluding hydrogens is 316 g/mol. The van der Waals surface area contributed by atoms with Gasteiger partial charge in [0.15, 0.2) is 0 Å². The molecule has 0 aliphatic rings. The van der Waals surface area contributed by atoms with Gasteiger partial charge in [-0.1, -0.05) is 19.4 Å². The molecule has 7 heteroatoms. The molecule has 0 fully saturated rings. The van der Waals surface area contributed by atoms with E-state index in [9.17, 15) is 17.8 Å². The molecular formula is C16H32N2O4S. The monoisotopic (exact) mass is 348 g/mol. The molecule has 0 spiro atoms. The van der Waals surface area contributed by atoms with Crippen molar-refractivity contribution in [3.8, 4) is 0 Å². The Balaban J connectivity index is 3.64. The lowest BCUT2D eigenvalue weighted by molar-refractivity contribution is -0.890. The molecule has 0 aliphatic carbocycles. The third-order valence-corrected chi connectivity index (χ3v) is 4.56. The van der Waals surface area contributed by atoms with Crippen molar-refractivity contribution < 1.29 is 22.2 Å². The van der Waals surface area contributed by atoms with Crippen LogP contribution in [0, 0.1) is 0 Å². The molecule has 0 aromatic carbocycles. The fraction of sp³-hybridized carbons (Fsp3) is 0.812. The molecule has 0 heterocycles. The predicted octanol–water partition coefficient (Wildman–Crippen LogP) is 1.64. The Morgan fingerprint density at radius 2 is 1.57 bits per heavy atom. The molecule has 0 atom stereocenters. The molecule has 0 saturated heterocycles. The molecule has 0 aromatic heterocycles. The van der Waals surface area contributed by atoms with Gasteiger partial charge in [0, 0.05) is 24.3 Å². The van der Waals surface area contributed by atoms with Crippen molar-refractivity contribution in [2.45, 2.75) is 45.4 Å². The highest BCUT2D eigenvalue weighted by Gasteiger charge is 2.14. The van der Waals surface area contributed by atoms with Gasteiger partial charge in [-0.2, -0.15) is 0 Å². The van der Waals surface area contributed by atoms with Gasteiger partial charge in [-0.3, -0.25) is 4.79 Å². The minimum absolute atomic E-state index is 0.0876. The molecule has 0 bridgehead atoms. The van der Waals surface area contributed by atoms with Gasteiger partial charge in [0.25, 0.3) is 0 Å². The molecule has 0 saturated carbocycles. The van der Waals surface area contributed by atoms with Crippen molar-refractivity contribution >= 4 is 16.0 Å². The van der Waals surface area contributed by atoms with E-state index in [1.54, 1.807) is 6.92 Å². The number of amides is 1. The summed E-state index contributed by atoms with van der Waals surface area (Å²) in [6.07, 6.45) is 5.27. The van der Waals surface area contributed by atoms with Crippen molar-refractivity contribution in [3.63, 3.8) is 0 Å². The Labute approximate surface area is 141 Å². The Bertz CT molecular complexity index is 472. The summed E-state index contributed by atoms with van der Waals surface area (Å²) in [5.74, 6) is -0.333. The number of quaternary nitrogens is 1. The van der Waals surface area contributed by atoms with Crippen molar-refractivity contribution in [1.29, 1.82) is 0 Å². The molecule has 0 unspecified atom stereocenters.